The quantitative estimate of drug-likeness (QED) is 0.902. The van der Waals surface area contributed by atoms with Crippen LogP contribution < -0.4 is 10.5 Å². The number of para-hydroxylation sites is 1. The van der Waals surface area contributed by atoms with Crippen LogP contribution in [0, 0.1) is 5.82 Å². The van der Waals surface area contributed by atoms with Gasteiger partial charge in [0.05, 0.1) is 0 Å². The number of hydrogen-bond donors (Lipinski definition) is 1. The van der Waals surface area contributed by atoms with E-state index < -0.39 is 5.82 Å². The highest BCUT2D eigenvalue weighted by Gasteiger charge is 2.08. The van der Waals surface area contributed by atoms with Gasteiger partial charge in [-0.25, -0.2) is 4.39 Å². The van der Waals surface area contributed by atoms with Crippen molar-refractivity contribution in [3.05, 3.63) is 40.6 Å². The second-order valence-corrected chi connectivity index (χ2v) is 3.86. The van der Waals surface area contributed by atoms with Gasteiger partial charge in [-0.3, -0.25) is 0 Å². The summed E-state index contributed by atoms with van der Waals surface area (Å²) in [5.41, 5.74) is 6.10. The summed E-state index contributed by atoms with van der Waals surface area (Å²) < 4.78 is 19.1. The van der Waals surface area contributed by atoms with E-state index in [1.807, 2.05) is 0 Å². The molecule has 2 N–H and O–H groups in total. The van der Waals surface area contributed by atoms with E-state index in [0.717, 1.165) is 0 Å². The first-order valence-corrected chi connectivity index (χ1v) is 4.88. The fourth-order valence-electron chi connectivity index (χ4n) is 1.03. The topological polar surface area (TPSA) is 35.2 Å². The molecule has 0 aliphatic heterocycles. The summed E-state index contributed by atoms with van der Waals surface area (Å²) >= 11 is 3.13. The molecule has 0 amide bonds. The van der Waals surface area contributed by atoms with E-state index in [1.54, 1.807) is 12.1 Å². The van der Waals surface area contributed by atoms with Gasteiger partial charge in [0.25, 0.3) is 0 Å². The minimum atomic E-state index is -0.401. The number of hydrogen-bond acceptors (Lipinski definition) is 2. The Morgan fingerprint density at radius 2 is 2.29 bits per heavy atom. The third-order valence-electron chi connectivity index (χ3n) is 1.64. The second-order valence-electron chi connectivity index (χ2n) is 2.74. The lowest BCUT2D eigenvalue weighted by atomic mass is 10.2. The van der Waals surface area contributed by atoms with Gasteiger partial charge in [-0.05, 0) is 6.07 Å². The van der Waals surface area contributed by atoms with Crippen LogP contribution >= 0.6 is 15.9 Å². The average Bonchev–Trinajstić information content (AvgIpc) is 2.15. The first kappa shape index (κ1) is 11.2. The number of halogens is 2. The molecule has 4 heteroatoms. The fourth-order valence-corrected chi connectivity index (χ4v) is 1.14. The Labute approximate surface area is 90.7 Å². The summed E-state index contributed by atoms with van der Waals surface area (Å²) in [7, 11) is 0. The van der Waals surface area contributed by atoms with Crippen LogP contribution in [0.5, 0.6) is 5.75 Å². The predicted molar refractivity (Wildman–Crippen MR) is 57.9 cm³/mol. The van der Waals surface area contributed by atoms with Crippen molar-refractivity contribution in [1.82, 2.24) is 0 Å². The highest BCUT2D eigenvalue weighted by molar-refractivity contribution is 9.11. The molecule has 0 saturated heterocycles. The molecule has 0 aliphatic carbocycles. The Bertz CT molecular complexity index is 341. The zero-order valence-electron chi connectivity index (χ0n) is 7.59. The van der Waals surface area contributed by atoms with E-state index in [4.69, 9.17) is 10.5 Å². The third kappa shape index (κ3) is 2.82. The van der Waals surface area contributed by atoms with Crippen molar-refractivity contribution < 1.29 is 9.13 Å². The number of rotatable bonds is 4. The van der Waals surface area contributed by atoms with Crippen LogP contribution in [-0.4, -0.2) is 6.61 Å². The summed E-state index contributed by atoms with van der Waals surface area (Å²) in [6.07, 6.45) is 0. The summed E-state index contributed by atoms with van der Waals surface area (Å²) in [5.74, 6) is -0.197. The first-order chi connectivity index (χ1) is 6.65. The smallest absolute Gasteiger partial charge is 0.165 e. The Kier molecular flexibility index (Phi) is 4.10. The van der Waals surface area contributed by atoms with Gasteiger partial charge in [0.15, 0.2) is 11.6 Å². The molecule has 0 heterocycles. The molecule has 2 nitrogen and oxygen atoms in total. The van der Waals surface area contributed by atoms with Gasteiger partial charge in [0, 0.05) is 16.6 Å². The Hall–Kier alpha value is -0.870. The fraction of sp³-hybridized carbons (Fsp3) is 0.200. The lowest BCUT2D eigenvalue weighted by Crippen LogP contribution is -2.05. The number of benzene rings is 1. The van der Waals surface area contributed by atoms with Gasteiger partial charge in [-0.1, -0.05) is 34.6 Å². The highest BCUT2D eigenvalue weighted by Crippen LogP contribution is 2.23. The molecule has 0 bridgehead atoms. The molecule has 0 atom stereocenters. The van der Waals surface area contributed by atoms with Gasteiger partial charge < -0.3 is 10.5 Å². The zero-order chi connectivity index (χ0) is 10.6. The van der Waals surface area contributed by atoms with Crippen LogP contribution in [0.1, 0.15) is 5.56 Å². The molecule has 0 aliphatic rings. The lowest BCUT2D eigenvalue weighted by Gasteiger charge is -2.10. The Morgan fingerprint density at radius 1 is 1.57 bits per heavy atom. The van der Waals surface area contributed by atoms with Crippen LogP contribution in [0.25, 0.3) is 0 Å². The number of ether oxygens (including phenoxy) is 1. The van der Waals surface area contributed by atoms with E-state index in [0.29, 0.717) is 10.0 Å². The van der Waals surface area contributed by atoms with Crippen molar-refractivity contribution in [2.24, 2.45) is 5.73 Å². The molecule has 0 aromatic heterocycles. The van der Waals surface area contributed by atoms with E-state index in [9.17, 15) is 4.39 Å². The summed E-state index contributed by atoms with van der Waals surface area (Å²) in [6.45, 7) is 4.08. The van der Waals surface area contributed by atoms with Crippen molar-refractivity contribution in [2.45, 2.75) is 6.54 Å². The van der Waals surface area contributed by atoms with E-state index >= 15 is 0 Å². The van der Waals surface area contributed by atoms with Crippen molar-refractivity contribution in [3.63, 3.8) is 0 Å². The van der Waals surface area contributed by atoms with Crippen LogP contribution in [0.15, 0.2) is 29.3 Å². The third-order valence-corrected chi connectivity index (χ3v) is 1.87. The average molecular weight is 260 g/mol. The maximum atomic E-state index is 13.3. The lowest BCUT2D eigenvalue weighted by molar-refractivity contribution is 0.336. The van der Waals surface area contributed by atoms with E-state index in [-0.39, 0.29) is 18.9 Å². The van der Waals surface area contributed by atoms with Crippen molar-refractivity contribution in [3.8, 4) is 5.75 Å². The SMILES string of the molecule is C=C(Br)COc1c(F)cccc1CN. The van der Waals surface area contributed by atoms with Gasteiger partial charge in [0.1, 0.15) is 6.61 Å². The maximum Gasteiger partial charge on any atom is 0.165 e. The standard InChI is InChI=1S/C10H11BrFNO/c1-7(11)6-14-10-8(5-13)3-2-4-9(10)12/h2-4H,1,5-6,13H2. The van der Waals surface area contributed by atoms with Gasteiger partial charge in [0.2, 0.25) is 0 Å². The van der Waals surface area contributed by atoms with Crippen molar-refractivity contribution in [1.29, 1.82) is 0 Å². The molecule has 14 heavy (non-hydrogen) atoms. The molecule has 1 aromatic carbocycles. The van der Waals surface area contributed by atoms with E-state index in [1.165, 1.54) is 6.07 Å². The largest absolute Gasteiger partial charge is 0.485 e. The second kappa shape index (κ2) is 5.12. The Balaban J connectivity index is 2.87. The summed E-state index contributed by atoms with van der Waals surface area (Å²) in [4.78, 5) is 0. The minimum absolute atomic E-state index is 0.204. The van der Waals surface area contributed by atoms with Crippen LogP contribution in [0.3, 0.4) is 0 Å². The summed E-state index contributed by atoms with van der Waals surface area (Å²) in [5, 5.41) is 0. The minimum Gasteiger partial charge on any atom is -0.485 e. The zero-order valence-corrected chi connectivity index (χ0v) is 9.18. The molecule has 1 rings (SSSR count). The molecule has 0 unspecified atom stereocenters. The molecule has 0 radical (unpaired) electrons. The summed E-state index contributed by atoms with van der Waals surface area (Å²) in [6, 6.07) is 4.67. The van der Waals surface area contributed by atoms with E-state index in [2.05, 4.69) is 22.5 Å². The molecule has 1 aromatic rings. The highest BCUT2D eigenvalue weighted by atomic mass is 79.9. The first-order valence-electron chi connectivity index (χ1n) is 4.08. The van der Waals surface area contributed by atoms with Gasteiger partial charge in [-0.15, -0.1) is 0 Å². The Morgan fingerprint density at radius 3 is 2.86 bits per heavy atom. The molecular weight excluding hydrogens is 249 g/mol. The maximum absolute atomic E-state index is 13.3. The molecule has 0 saturated carbocycles. The molecule has 0 fully saturated rings. The molecule has 76 valence electrons. The van der Waals surface area contributed by atoms with Gasteiger partial charge in [-0.2, -0.15) is 0 Å². The molecular formula is C10H11BrFNO. The number of nitrogens with two attached hydrogens (primary N) is 1. The van der Waals surface area contributed by atoms with Crippen LogP contribution in [0.2, 0.25) is 0 Å². The van der Waals surface area contributed by atoms with Crippen molar-refractivity contribution in [2.75, 3.05) is 6.61 Å². The van der Waals surface area contributed by atoms with Gasteiger partial charge >= 0.3 is 0 Å². The normalized spacial score (nSPS) is 9.93. The van der Waals surface area contributed by atoms with Crippen molar-refractivity contribution >= 4 is 15.9 Å². The van der Waals surface area contributed by atoms with Crippen LogP contribution in [0.4, 0.5) is 4.39 Å². The monoisotopic (exact) mass is 259 g/mol. The molecule has 0 spiro atoms. The predicted octanol–water partition coefficient (Wildman–Crippen LogP) is 2.57. The van der Waals surface area contributed by atoms with Crippen LogP contribution in [-0.2, 0) is 6.54 Å².